The Labute approximate surface area is 120 Å². The van der Waals surface area contributed by atoms with Crippen molar-refractivity contribution in [2.24, 2.45) is 5.41 Å². The molecule has 0 spiro atoms. The zero-order valence-electron chi connectivity index (χ0n) is 12.1. The Morgan fingerprint density at radius 1 is 1.20 bits per heavy atom. The van der Waals surface area contributed by atoms with E-state index in [2.05, 4.69) is 22.9 Å². The van der Waals surface area contributed by atoms with Gasteiger partial charge in [-0.15, -0.1) is 0 Å². The lowest BCUT2D eigenvalue weighted by atomic mass is 9.89. The van der Waals surface area contributed by atoms with Gasteiger partial charge in [-0.25, -0.2) is 0 Å². The van der Waals surface area contributed by atoms with Gasteiger partial charge in [0.25, 0.3) is 5.91 Å². The van der Waals surface area contributed by atoms with Crippen LogP contribution in [0.5, 0.6) is 0 Å². The number of nitrogens with one attached hydrogen (secondary N) is 3. The highest BCUT2D eigenvalue weighted by molar-refractivity contribution is 5.96. The Morgan fingerprint density at radius 3 is 2.65 bits per heavy atom. The van der Waals surface area contributed by atoms with Gasteiger partial charge in [-0.2, -0.15) is 0 Å². The maximum absolute atomic E-state index is 12.3. The number of fused-ring (bicyclic) bond motifs is 1. The third-order valence-corrected chi connectivity index (χ3v) is 4.52. The first-order valence-electron chi connectivity index (χ1n) is 7.56. The van der Waals surface area contributed by atoms with Gasteiger partial charge in [0.05, 0.1) is 11.4 Å². The van der Waals surface area contributed by atoms with E-state index in [-0.39, 0.29) is 5.91 Å². The summed E-state index contributed by atoms with van der Waals surface area (Å²) < 4.78 is 0. The van der Waals surface area contributed by atoms with Gasteiger partial charge >= 0.3 is 0 Å². The third kappa shape index (κ3) is 2.74. The SMILES string of the molecule is CC1(CNC(=O)c2ccc3c(c2)NCCN3)CCCC1. The Balaban J connectivity index is 1.65. The fourth-order valence-electron chi connectivity index (χ4n) is 3.18. The van der Waals surface area contributed by atoms with Gasteiger partial charge in [0.2, 0.25) is 0 Å². The van der Waals surface area contributed by atoms with E-state index in [1.165, 1.54) is 25.7 Å². The topological polar surface area (TPSA) is 53.2 Å². The Morgan fingerprint density at radius 2 is 1.90 bits per heavy atom. The van der Waals surface area contributed by atoms with E-state index in [0.717, 1.165) is 36.6 Å². The molecular formula is C16H23N3O. The van der Waals surface area contributed by atoms with Crippen LogP contribution in [-0.2, 0) is 0 Å². The largest absolute Gasteiger partial charge is 0.382 e. The van der Waals surface area contributed by atoms with Crippen molar-refractivity contribution in [3.63, 3.8) is 0 Å². The number of benzene rings is 1. The van der Waals surface area contributed by atoms with Gasteiger partial charge in [0, 0.05) is 25.2 Å². The number of rotatable bonds is 3. The molecule has 0 atom stereocenters. The highest BCUT2D eigenvalue weighted by atomic mass is 16.1. The second kappa shape index (κ2) is 5.35. The molecule has 2 aliphatic rings. The molecule has 3 rings (SSSR count). The monoisotopic (exact) mass is 273 g/mol. The molecule has 1 fully saturated rings. The quantitative estimate of drug-likeness (QED) is 0.794. The lowest BCUT2D eigenvalue weighted by Crippen LogP contribution is -2.34. The molecule has 1 heterocycles. The van der Waals surface area contributed by atoms with Crippen LogP contribution in [0.2, 0.25) is 0 Å². The maximum atomic E-state index is 12.3. The van der Waals surface area contributed by atoms with Crippen molar-refractivity contribution in [2.45, 2.75) is 32.6 Å². The number of hydrogen-bond acceptors (Lipinski definition) is 3. The predicted octanol–water partition coefficient (Wildman–Crippen LogP) is 2.83. The number of anilines is 2. The Kier molecular flexibility index (Phi) is 3.55. The average Bonchev–Trinajstić information content (AvgIpc) is 2.91. The van der Waals surface area contributed by atoms with E-state index in [1.807, 2.05) is 18.2 Å². The van der Waals surface area contributed by atoms with E-state index in [9.17, 15) is 4.79 Å². The summed E-state index contributed by atoms with van der Waals surface area (Å²) in [4.78, 5) is 12.3. The minimum atomic E-state index is 0.0355. The number of carbonyl (C=O) groups excluding carboxylic acids is 1. The zero-order chi connectivity index (χ0) is 14.0. The van der Waals surface area contributed by atoms with Crippen molar-refractivity contribution in [1.82, 2.24) is 5.32 Å². The van der Waals surface area contributed by atoms with Crippen molar-refractivity contribution < 1.29 is 4.79 Å². The van der Waals surface area contributed by atoms with E-state index in [1.54, 1.807) is 0 Å². The van der Waals surface area contributed by atoms with Crippen molar-refractivity contribution >= 4 is 17.3 Å². The molecule has 0 bridgehead atoms. The molecule has 0 unspecified atom stereocenters. The van der Waals surface area contributed by atoms with Crippen LogP contribution in [0, 0.1) is 5.41 Å². The molecule has 0 saturated heterocycles. The molecular weight excluding hydrogens is 250 g/mol. The summed E-state index contributed by atoms with van der Waals surface area (Å²) in [6.07, 6.45) is 5.04. The number of hydrogen-bond donors (Lipinski definition) is 3. The van der Waals surface area contributed by atoms with E-state index >= 15 is 0 Å². The summed E-state index contributed by atoms with van der Waals surface area (Å²) >= 11 is 0. The van der Waals surface area contributed by atoms with Gasteiger partial charge in [-0.05, 0) is 36.5 Å². The lowest BCUT2D eigenvalue weighted by molar-refractivity contribution is 0.0934. The molecule has 0 radical (unpaired) electrons. The average molecular weight is 273 g/mol. The van der Waals surface area contributed by atoms with E-state index < -0.39 is 0 Å². The summed E-state index contributed by atoms with van der Waals surface area (Å²) in [7, 11) is 0. The molecule has 4 nitrogen and oxygen atoms in total. The summed E-state index contributed by atoms with van der Waals surface area (Å²) in [5, 5.41) is 9.74. The molecule has 1 aliphatic heterocycles. The fraction of sp³-hybridized carbons (Fsp3) is 0.562. The van der Waals surface area contributed by atoms with Crippen molar-refractivity contribution in [1.29, 1.82) is 0 Å². The van der Waals surface area contributed by atoms with Crippen LogP contribution in [0.4, 0.5) is 11.4 Å². The molecule has 1 saturated carbocycles. The standard InChI is InChI=1S/C16H23N3O/c1-16(6-2-3-7-16)11-19-15(20)12-4-5-13-14(10-12)18-9-8-17-13/h4-5,10,17-18H,2-3,6-9,11H2,1H3,(H,19,20). The highest BCUT2D eigenvalue weighted by Gasteiger charge is 2.29. The first-order valence-corrected chi connectivity index (χ1v) is 7.56. The summed E-state index contributed by atoms with van der Waals surface area (Å²) in [6.45, 7) is 4.89. The smallest absolute Gasteiger partial charge is 0.251 e. The maximum Gasteiger partial charge on any atom is 0.251 e. The van der Waals surface area contributed by atoms with Gasteiger partial charge in [0.15, 0.2) is 0 Å². The van der Waals surface area contributed by atoms with Crippen molar-refractivity contribution in [3.05, 3.63) is 23.8 Å². The van der Waals surface area contributed by atoms with Crippen LogP contribution in [0.25, 0.3) is 0 Å². The van der Waals surface area contributed by atoms with Crippen LogP contribution in [0.15, 0.2) is 18.2 Å². The van der Waals surface area contributed by atoms with Gasteiger partial charge in [-0.3, -0.25) is 4.79 Å². The van der Waals surface area contributed by atoms with Crippen LogP contribution < -0.4 is 16.0 Å². The third-order valence-electron chi connectivity index (χ3n) is 4.52. The fourth-order valence-corrected chi connectivity index (χ4v) is 3.18. The number of carbonyl (C=O) groups is 1. The lowest BCUT2D eigenvalue weighted by Gasteiger charge is -2.24. The van der Waals surface area contributed by atoms with E-state index in [0.29, 0.717) is 5.41 Å². The molecule has 0 aromatic heterocycles. The van der Waals surface area contributed by atoms with Crippen molar-refractivity contribution in [3.8, 4) is 0 Å². The zero-order valence-corrected chi connectivity index (χ0v) is 12.1. The summed E-state index contributed by atoms with van der Waals surface area (Å²) in [5.41, 5.74) is 3.14. The van der Waals surface area contributed by atoms with Crippen LogP contribution in [0.3, 0.4) is 0 Å². The molecule has 1 aromatic carbocycles. The molecule has 20 heavy (non-hydrogen) atoms. The predicted molar refractivity (Wildman–Crippen MR) is 82.3 cm³/mol. The highest BCUT2D eigenvalue weighted by Crippen LogP contribution is 2.36. The molecule has 1 aromatic rings. The van der Waals surface area contributed by atoms with Crippen LogP contribution in [0.1, 0.15) is 43.0 Å². The van der Waals surface area contributed by atoms with Gasteiger partial charge in [0.1, 0.15) is 0 Å². The van der Waals surface area contributed by atoms with E-state index in [4.69, 9.17) is 0 Å². The molecule has 4 heteroatoms. The summed E-state index contributed by atoms with van der Waals surface area (Å²) in [5.74, 6) is 0.0355. The van der Waals surface area contributed by atoms with Gasteiger partial charge in [-0.1, -0.05) is 19.8 Å². The molecule has 1 amide bonds. The molecule has 108 valence electrons. The van der Waals surface area contributed by atoms with Gasteiger partial charge < -0.3 is 16.0 Å². The first kappa shape index (κ1) is 13.3. The number of amides is 1. The second-order valence-corrected chi connectivity index (χ2v) is 6.31. The minimum absolute atomic E-state index is 0.0355. The van der Waals surface area contributed by atoms with Crippen molar-refractivity contribution in [2.75, 3.05) is 30.3 Å². The Bertz CT molecular complexity index is 506. The summed E-state index contributed by atoms with van der Waals surface area (Å²) in [6, 6.07) is 5.81. The molecule has 1 aliphatic carbocycles. The second-order valence-electron chi connectivity index (χ2n) is 6.31. The Hall–Kier alpha value is -1.71. The normalized spacial score (nSPS) is 19.6. The van der Waals surface area contributed by atoms with Crippen LogP contribution in [-0.4, -0.2) is 25.5 Å². The molecule has 3 N–H and O–H groups in total. The van der Waals surface area contributed by atoms with Crippen LogP contribution >= 0.6 is 0 Å². The first-order chi connectivity index (χ1) is 9.66. The minimum Gasteiger partial charge on any atom is -0.382 e.